The SMILES string of the molecule is CC[C@@H](Oc1ccccc1)C(=O)Nc1cc(Cl)ccc1OCc1cc(=O)n2oc(C)cc2n1. The summed E-state index contributed by atoms with van der Waals surface area (Å²) in [6.07, 6.45) is -0.233. The van der Waals surface area contributed by atoms with Crippen LogP contribution < -0.4 is 20.3 Å². The number of anilines is 1. The van der Waals surface area contributed by atoms with Gasteiger partial charge in [-0.15, -0.1) is 4.57 Å². The second-order valence-electron chi connectivity index (χ2n) is 7.33. The third-order valence-electron chi connectivity index (χ3n) is 4.78. The van der Waals surface area contributed by atoms with Gasteiger partial charge in [0, 0.05) is 17.2 Å². The average Bonchev–Trinajstić information content (AvgIpc) is 3.18. The molecule has 4 rings (SSSR count). The van der Waals surface area contributed by atoms with Crippen LogP contribution in [0.2, 0.25) is 5.02 Å². The standard InChI is InChI=1S/C24H22ClN3O5/c1-3-20(32-18-7-5-4-6-8-18)24(30)27-19-12-16(25)9-10-21(19)31-14-17-13-23(29)28-22(26-17)11-15(2)33-28/h4-13,20H,3,14H2,1-2H3,(H,27,30)/t20-/m1/s1. The van der Waals surface area contributed by atoms with E-state index in [1.54, 1.807) is 43.3 Å². The van der Waals surface area contributed by atoms with Crippen LogP contribution in [0.15, 0.2) is 70.0 Å². The summed E-state index contributed by atoms with van der Waals surface area (Å²) in [5.41, 5.74) is 0.860. The molecule has 0 bridgehead atoms. The number of carbonyl (C=O) groups is 1. The fourth-order valence-electron chi connectivity index (χ4n) is 3.22. The zero-order valence-electron chi connectivity index (χ0n) is 18.1. The Morgan fingerprint density at radius 1 is 1.18 bits per heavy atom. The average molecular weight is 468 g/mol. The lowest BCUT2D eigenvalue weighted by atomic mass is 10.2. The maximum absolute atomic E-state index is 12.9. The number of hydrogen-bond donors (Lipinski definition) is 1. The molecule has 0 spiro atoms. The summed E-state index contributed by atoms with van der Waals surface area (Å²) in [5, 5.41) is 3.26. The van der Waals surface area contributed by atoms with Crippen LogP contribution in [0.25, 0.3) is 5.65 Å². The number of benzene rings is 2. The summed E-state index contributed by atoms with van der Waals surface area (Å²) in [5.74, 6) is 1.22. The minimum atomic E-state index is -0.701. The Hall–Kier alpha value is -3.78. The quantitative estimate of drug-likeness (QED) is 0.406. The van der Waals surface area contributed by atoms with Crippen LogP contribution in [0.5, 0.6) is 11.5 Å². The summed E-state index contributed by atoms with van der Waals surface area (Å²) in [4.78, 5) is 29.5. The second kappa shape index (κ2) is 9.79. The van der Waals surface area contributed by atoms with E-state index in [1.807, 2.05) is 25.1 Å². The van der Waals surface area contributed by atoms with Crippen molar-refractivity contribution in [3.8, 4) is 11.5 Å². The van der Waals surface area contributed by atoms with Gasteiger partial charge in [0.15, 0.2) is 11.8 Å². The molecular weight excluding hydrogens is 446 g/mol. The number of nitrogens with one attached hydrogen (secondary N) is 1. The smallest absolute Gasteiger partial charge is 0.287 e. The molecule has 170 valence electrons. The number of aryl methyl sites for hydroxylation is 1. The summed E-state index contributed by atoms with van der Waals surface area (Å²) < 4.78 is 18.1. The van der Waals surface area contributed by atoms with Gasteiger partial charge in [-0.3, -0.25) is 9.59 Å². The lowest BCUT2D eigenvalue weighted by molar-refractivity contribution is -0.122. The van der Waals surface area contributed by atoms with Gasteiger partial charge in [-0.1, -0.05) is 36.7 Å². The van der Waals surface area contributed by atoms with Crippen molar-refractivity contribution in [2.45, 2.75) is 33.0 Å². The Bertz CT molecular complexity index is 1330. The Morgan fingerprint density at radius 2 is 1.97 bits per heavy atom. The highest BCUT2D eigenvalue weighted by Crippen LogP contribution is 2.29. The predicted octanol–water partition coefficient (Wildman–Crippen LogP) is 4.62. The molecule has 1 N–H and O–H groups in total. The Balaban J connectivity index is 1.50. The molecule has 0 saturated carbocycles. The van der Waals surface area contributed by atoms with Crippen molar-refractivity contribution >= 4 is 28.8 Å². The Labute approximate surface area is 194 Å². The fourth-order valence-corrected chi connectivity index (χ4v) is 3.40. The number of halogens is 1. The van der Waals surface area contributed by atoms with E-state index in [0.29, 0.717) is 45.7 Å². The third kappa shape index (κ3) is 5.35. The number of carbonyl (C=O) groups excluding carboxylic acids is 1. The fraction of sp³-hybridized carbons (Fsp3) is 0.208. The van der Waals surface area contributed by atoms with Gasteiger partial charge in [-0.05, 0) is 43.7 Å². The largest absolute Gasteiger partial charge is 0.485 e. The first-order valence-electron chi connectivity index (χ1n) is 10.4. The topological polar surface area (TPSA) is 95.1 Å². The van der Waals surface area contributed by atoms with Gasteiger partial charge in [0.05, 0.1) is 11.4 Å². The van der Waals surface area contributed by atoms with Crippen LogP contribution in [-0.2, 0) is 11.4 Å². The van der Waals surface area contributed by atoms with E-state index in [0.717, 1.165) is 4.57 Å². The highest BCUT2D eigenvalue weighted by atomic mass is 35.5. The van der Waals surface area contributed by atoms with Crippen LogP contribution in [0, 0.1) is 6.92 Å². The van der Waals surface area contributed by atoms with Crippen LogP contribution >= 0.6 is 11.6 Å². The van der Waals surface area contributed by atoms with E-state index in [9.17, 15) is 9.59 Å². The maximum atomic E-state index is 12.9. The van der Waals surface area contributed by atoms with Gasteiger partial charge in [0.25, 0.3) is 11.5 Å². The van der Waals surface area contributed by atoms with Gasteiger partial charge >= 0.3 is 0 Å². The molecule has 4 aromatic rings. The molecule has 2 aromatic carbocycles. The highest BCUT2D eigenvalue weighted by molar-refractivity contribution is 6.31. The number of aromatic nitrogens is 2. The Kier molecular flexibility index (Phi) is 6.65. The predicted molar refractivity (Wildman–Crippen MR) is 124 cm³/mol. The number of fused-ring (bicyclic) bond motifs is 1. The van der Waals surface area contributed by atoms with Crippen molar-refractivity contribution in [2.24, 2.45) is 0 Å². The molecule has 0 aliphatic rings. The first kappa shape index (κ1) is 22.4. The minimum absolute atomic E-state index is 0.0121. The summed E-state index contributed by atoms with van der Waals surface area (Å²) in [6, 6.07) is 17.0. The van der Waals surface area contributed by atoms with E-state index < -0.39 is 6.10 Å². The molecule has 1 atom stereocenters. The molecule has 2 aromatic heterocycles. The zero-order chi connectivity index (χ0) is 23.4. The lowest BCUT2D eigenvalue weighted by Crippen LogP contribution is -2.32. The molecule has 8 nitrogen and oxygen atoms in total. The van der Waals surface area contributed by atoms with Gasteiger partial charge < -0.3 is 19.3 Å². The third-order valence-corrected chi connectivity index (χ3v) is 5.02. The first-order chi connectivity index (χ1) is 15.9. The van der Waals surface area contributed by atoms with Crippen molar-refractivity contribution in [1.82, 2.24) is 9.56 Å². The molecule has 0 saturated heterocycles. The Morgan fingerprint density at radius 3 is 2.73 bits per heavy atom. The molecule has 9 heteroatoms. The molecule has 33 heavy (non-hydrogen) atoms. The molecule has 2 heterocycles. The minimum Gasteiger partial charge on any atom is -0.485 e. The van der Waals surface area contributed by atoms with Gasteiger partial charge in [0.2, 0.25) is 0 Å². The summed E-state index contributed by atoms with van der Waals surface area (Å²) in [7, 11) is 0. The monoisotopic (exact) mass is 467 g/mol. The molecule has 0 radical (unpaired) electrons. The molecule has 0 fully saturated rings. The molecular formula is C24H22ClN3O5. The normalized spacial score (nSPS) is 11.8. The number of rotatable bonds is 8. The second-order valence-corrected chi connectivity index (χ2v) is 7.77. The number of hydrogen-bond acceptors (Lipinski definition) is 6. The van der Waals surface area contributed by atoms with Crippen LogP contribution in [0.4, 0.5) is 5.69 Å². The molecule has 1 amide bonds. The number of nitrogens with zero attached hydrogens (tertiary/aromatic N) is 2. The molecule has 0 unspecified atom stereocenters. The van der Waals surface area contributed by atoms with Gasteiger partial charge in [-0.2, -0.15) is 0 Å². The maximum Gasteiger partial charge on any atom is 0.287 e. The van der Waals surface area contributed by atoms with Crippen molar-refractivity contribution in [3.63, 3.8) is 0 Å². The van der Waals surface area contributed by atoms with E-state index in [1.165, 1.54) is 6.07 Å². The van der Waals surface area contributed by atoms with Crippen LogP contribution in [-0.4, -0.2) is 21.6 Å². The van der Waals surface area contributed by atoms with E-state index in [4.69, 9.17) is 25.6 Å². The zero-order valence-corrected chi connectivity index (χ0v) is 18.8. The van der Waals surface area contributed by atoms with Crippen molar-refractivity contribution < 1.29 is 18.8 Å². The van der Waals surface area contributed by atoms with E-state index in [-0.39, 0.29) is 18.1 Å². The van der Waals surface area contributed by atoms with Crippen LogP contribution in [0.1, 0.15) is 24.8 Å². The highest BCUT2D eigenvalue weighted by Gasteiger charge is 2.20. The van der Waals surface area contributed by atoms with E-state index >= 15 is 0 Å². The van der Waals surface area contributed by atoms with Crippen molar-refractivity contribution in [1.29, 1.82) is 0 Å². The number of ether oxygens (including phenoxy) is 2. The summed E-state index contributed by atoms with van der Waals surface area (Å²) >= 11 is 6.14. The lowest BCUT2D eigenvalue weighted by Gasteiger charge is -2.19. The number of amides is 1. The molecule has 0 aliphatic carbocycles. The van der Waals surface area contributed by atoms with Gasteiger partial charge in [0.1, 0.15) is 23.9 Å². The van der Waals surface area contributed by atoms with E-state index in [2.05, 4.69) is 10.3 Å². The van der Waals surface area contributed by atoms with Crippen LogP contribution in [0.3, 0.4) is 0 Å². The number of para-hydroxylation sites is 1. The van der Waals surface area contributed by atoms with Crippen molar-refractivity contribution in [3.05, 3.63) is 87.5 Å². The molecule has 0 aliphatic heterocycles. The van der Waals surface area contributed by atoms with Crippen molar-refractivity contribution in [2.75, 3.05) is 5.32 Å². The summed E-state index contributed by atoms with van der Waals surface area (Å²) in [6.45, 7) is 3.61. The first-order valence-corrected chi connectivity index (χ1v) is 10.7. The van der Waals surface area contributed by atoms with Gasteiger partial charge in [-0.25, -0.2) is 4.98 Å².